The third-order valence-electron chi connectivity index (χ3n) is 2.72. The van der Waals surface area contributed by atoms with Gasteiger partial charge >= 0.3 is 0 Å². The van der Waals surface area contributed by atoms with Crippen molar-refractivity contribution in [3.63, 3.8) is 0 Å². The summed E-state index contributed by atoms with van der Waals surface area (Å²) in [6.45, 7) is 3.77. The molecule has 19 heavy (non-hydrogen) atoms. The molecule has 2 aromatic rings. The Balaban J connectivity index is 2.19. The summed E-state index contributed by atoms with van der Waals surface area (Å²) in [7, 11) is 0. The molecule has 100 valence electrons. The number of nitrogens with two attached hydrogens (primary N) is 1. The van der Waals surface area contributed by atoms with Gasteiger partial charge < -0.3 is 11.1 Å². The van der Waals surface area contributed by atoms with Crippen LogP contribution in [0.2, 0.25) is 0 Å². The van der Waals surface area contributed by atoms with E-state index in [-0.39, 0.29) is 11.5 Å². The average Bonchev–Trinajstić information content (AvgIpc) is 2.75. The SMILES string of the molecule is CC(C)(NC(=O)c1nonc1N)c1ccc(Br)cc1. The molecule has 1 heterocycles. The maximum atomic E-state index is 12.0. The zero-order chi connectivity index (χ0) is 14.0. The van der Waals surface area contributed by atoms with Crippen LogP contribution < -0.4 is 11.1 Å². The minimum absolute atomic E-state index is 0.00909. The van der Waals surface area contributed by atoms with Gasteiger partial charge in [0.1, 0.15) is 0 Å². The largest absolute Gasteiger partial charge is 0.379 e. The number of hydrogen-bond donors (Lipinski definition) is 2. The quantitative estimate of drug-likeness (QED) is 0.901. The van der Waals surface area contributed by atoms with Gasteiger partial charge in [-0.15, -0.1) is 0 Å². The van der Waals surface area contributed by atoms with Gasteiger partial charge in [0.25, 0.3) is 5.91 Å². The van der Waals surface area contributed by atoms with E-state index in [1.54, 1.807) is 0 Å². The second-order valence-corrected chi connectivity index (χ2v) is 5.50. The highest BCUT2D eigenvalue weighted by Gasteiger charge is 2.26. The number of carbonyl (C=O) groups excluding carboxylic acids is 1. The molecular formula is C12H13BrN4O2. The fourth-order valence-corrected chi connectivity index (χ4v) is 1.90. The predicted octanol–water partition coefficient (Wildman–Crippen LogP) is 2.08. The summed E-state index contributed by atoms with van der Waals surface area (Å²) in [6, 6.07) is 7.67. The van der Waals surface area contributed by atoms with Gasteiger partial charge in [-0.1, -0.05) is 28.1 Å². The number of hydrogen-bond acceptors (Lipinski definition) is 5. The van der Waals surface area contributed by atoms with Crippen LogP contribution in [0.25, 0.3) is 0 Å². The molecule has 0 unspecified atom stereocenters. The van der Waals surface area contributed by atoms with Gasteiger partial charge in [-0.05, 0) is 41.9 Å². The van der Waals surface area contributed by atoms with Crippen molar-refractivity contribution in [3.8, 4) is 0 Å². The Morgan fingerprint density at radius 3 is 2.47 bits per heavy atom. The minimum Gasteiger partial charge on any atom is -0.379 e. The Morgan fingerprint density at radius 2 is 1.95 bits per heavy atom. The highest BCUT2D eigenvalue weighted by Crippen LogP contribution is 2.22. The van der Waals surface area contributed by atoms with Crippen LogP contribution >= 0.6 is 15.9 Å². The Bertz CT molecular complexity index is 592. The summed E-state index contributed by atoms with van der Waals surface area (Å²) >= 11 is 3.37. The van der Waals surface area contributed by atoms with E-state index in [0.717, 1.165) is 10.0 Å². The van der Waals surface area contributed by atoms with Gasteiger partial charge in [0.15, 0.2) is 0 Å². The fraction of sp³-hybridized carbons (Fsp3) is 0.250. The molecule has 0 fully saturated rings. The van der Waals surface area contributed by atoms with Crippen LogP contribution in [-0.4, -0.2) is 16.2 Å². The van der Waals surface area contributed by atoms with Gasteiger partial charge in [0.2, 0.25) is 11.5 Å². The molecule has 0 aliphatic carbocycles. The van der Waals surface area contributed by atoms with Crippen LogP contribution in [0.1, 0.15) is 29.9 Å². The first-order chi connectivity index (χ1) is 8.90. The first-order valence-corrected chi connectivity index (χ1v) is 6.36. The number of benzene rings is 1. The third-order valence-corrected chi connectivity index (χ3v) is 3.25. The van der Waals surface area contributed by atoms with Crippen LogP contribution in [-0.2, 0) is 5.54 Å². The lowest BCUT2D eigenvalue weighted by Gasteiger charge is -2.26. The summed E-state index contributed by atoms with van der Waals surface area (Å²) in [4.78, 5) is 12.0. The summed E-state index contributed by atoms with van der Waals surface area (Å²) < 4.78 is 5.39. The van der Waals surface area contributed by atoms with E-state index in [9.17, 15) is 4.79 Å². The molecule has 3 N–H and O–H groups in total. The molecule has 0 bridgehead atoms. The summed E-state index contributed by atoms with van der Waals surface area (Å²) in [5.74, 6) is -0.448. The first-order valence-electron chi connectivity index (χ1n) is 5.57. The van der Waals surface area contributed by atoms with E-state index in [1.165, 1.54) is 0 Å². The number of halogens is 1. The number of rotatable bonds is 3. The van der Waals surface area contributed by atoms with Crippen molar-refractivity contribution in [1.29, 1.82) is 0 Å². The summed E-state index contributed by atoms with van der Waals surface area (Å²) in [5, 5.41) is 9.69. The number of nitrogens with zero attached hydrogens (tertiary/aromatic N) is 2. The zero-order valence-electron chi connectivity index (χ0n) is 10.5. The maximum Gasteiger partial charge on any atom is 0.278 e. The molecule has 0 saturated carbocycles. The lowest BCUT2D eigenvalue weighted by molar-refractivity contribution is 0.0902. The van der Waals surface area contributed by atoms with Gasteiger partial charge in [-0.3, -0.25) is 4.79 Å². The van der Waals surface area contributed by atoms with Crippen LogP contribution in [0.5, 0.6) is 0 Å². The van der Waals surface area contributed by atoms with E-state index in [0.29, 0.717) is 0 Å². The minimum atomic E-state index is -0.566. The number of anilines is 1. The Labute approximate surface area is 118 Å². The Morgan fingerprint density at radius 1 is 1.32 bits per heavy atom. The van der Waals surface area contributed by atoms with Gasteiger partial charge in [-0.2, -0.15) is 0 Å². The van der Waals surface area contributed by atoms with E-state index in [2.05, 4.69) is 36.2 Å². The van der Waals surface area contributed by atoms with Crippen LogP contribution in [0.4, 0.5) is 5.82 Å². The highest BCUT2D eigenvalue weighted by molar-refractivity contribution is 9.10. The molecule has 6 nitrogen and oxygen atoms in total. The lowest BCUT2D eigenvalue weighted by Crippen LogP contribution is -2.41. The van der Waals surface area contributed by atoms with Crippen molar-refractivity contribution in [3.05, 3.63) is 40.0 Å². The normalized spacial score (nSPS) is 11.3. The Hall–Kier alpha value is -1.89. The standard InChI is InChI=1S/C12H13BrN4O2/c1-12(2,7-3-5-8(13)6-4-7)15-11(18)9-10(14)17-19-16-9/h3-6H,1-2H3,(H2,14,17)(H,15,18). The zero-order valence-corrected chi connectivity index (χ0v) is 12.1. The molecule has 0 aliphatic rings. The van der Waals surface area contributed by atoms with Gasteiger partial charge in [-0.25, -0.2) is 4.63 Å². The predicted molar refractivity (Wildman–Crippen MR) is 73.3 cm³/mol. The molecule has 0 saturated heterocycles. The molecule has 7 heteroatoms. The second kappa shape index (κ2) is 5.00. The molecule has 1 amide bonds. The smallest absolute Gasteiger partial charge is 0.278 e. The van der Waals surface area contributed by atoms with Crippen molar-refractivity contribution in [2.45, 2.75) is 19.4 Å². The molecule has 0 spiro atoms. The van der Waals surface area contributed by atoms with E-state index in [1.807, 2.05) is 38.1 Å². The van der Waals surface area contributed by atoms with E-state index in [4.69, 9.17) is 5.73 Å². The second-order valence-electron chi connectivity index (χ2n) is 4.58. The fourth-order valence-electron chi connectivity index (χ4n) is 1.63. The number of amides is 1. The molecule has 0 aliphatic heterocycles. The highest BCUT2D eigenvalue weighted by atomic mass is 79.9. The average molecular weight is 325 g/mol. The van der Waals surface area contributed by atoms with Crippen molar-refractivity contribution < 1.29 is 9.42 Å². The van der Waals surface area contributed by atoms with Crippen molar-refractivity contribution >= 4 is 27.7 Å². The van der Waals surface area contributed by atoms with E-state index >= 15 is 0 Å². The summed E-state index contributed by atoms with van der Waals surface area (Å²) in [5.41, 5.74) is 5.87. The lowest BCUT2D eigenvalue weighted by atomic mass is 9.94. The monoisotopic (exact) mass is 324 g/mol. The Kier molecular flexibility index (Phi) is 3.57. The number of carbonyl (C=O) groups is 1. The summed E-state index contributed by atoms with van der Waals surface area (Å²) in [6.07, 6.45) is 0. The molecule has 0 atom stereocenters. The van der Waals surface area contributed by atoms with Gasteiger partial charge in [0.05, 0.1) is 5.54 Å². The van der Waals surface area contributed by atoms with Crippen molar-refractivity contribution in [2.75, 3.05) is 5.73 Å². The van der Waals surface area contributed by atoms with Crippen molar-refractivity contribution in [2.24, 2.45) is 0 Å². The first kappa shape index (κ1) is 13.5. The molecule has 1 aromatic heterocycles. The molecule has 2 rings (SSSR count). The number of aromatic nitrogens is 2. The maximum absolute atomic E-state index is 12.0. The molecule has 0 radical (unpaired) electrons. The van der Waals surface area contributed by atoms with Gasteiger partial charge in [0, 0.05) is 4.47 Å². The molecule has 1 aromatic carbocycles. The van der Waals surface area contributed by atoms with Crippen molar-refractivity contribution in [1.82, 2.24) is 15.6 Å². The van der Waals surface area contributed by atoms with Crippen LogP contribution in [0.15, 0.2) is 33.4 Å². The van der Waals surface area contributed by atoms with Crippen LogP contribution in [0, 0.1) is 0 Å². The van der Waals surface area contributed by atoms with Crippen LogP contribution in [0.3, 0.4) is 0 Å². The van der Waals surface area contributed by atoms with E-state index < -0.39 is 11.4 Å². The molecular weight excluding hydrogens is 312 g/mol. The number of nitrogens with one attached hydrogen (secondary N) is 1. The number of nitrogen functional groups attached to an aromatic ring is 1. The topological polar surface area (TPSA) is 94.0 Å². The third kappa shape index (κ3) is 2.93.